The lowest BCUT2D eigenvalue weighted by atomic mass is 9.84. The standard InChI is InChI=1S/C15H32N2/c1-3-5-8-13(4-2)12-17-15-10-7-6-9-14(15)11-16/h13-15,17H,3-12,16H2,1-2H3. The second-order valence-corrected chi connectivity index (χ2v) is 5.71. The Bertz CT molecular complexity index is 182. The van der Waals surface area contributed by atoms with Crippen molar-refractivity contribution in [2.75, 3.05) is 13.1 Å². The monoisotopic (exact) mass is 240 g/mol. The highest BCUT2D eigenvalue weighted by atomic mass is 14.9. The molecule has 2 nitrogen and oxygen atoms in total. The van der Waals surface area contributed by atoms with Crippen LogP contribution in [0.5, 0.6) is 0 Å². The van der Waals surface area contributed by atoms with Crippen LogP contribution in [0.3, 0.4) is 0 Å². The van der Waals surface area contributed by atoms with Crippen LogP contribution in [0.1, 0.15) is 65.2 Å². The van der Waals surface area contributed by atoms with Crippen molar-refractivity contribution in [2.45, 2.75) is 71.3 Å². The zero-order valence-corrected chi connectivity index (χ0v) is 11.9. The van der Waals surface area contributed by atoms with Gasteiger partial charge >= 0.3 is 0 Å². The molecule has 3 N–H and O–H groups in total. The molecule has 0 saturated heterocycles. The Kier molecular flexibility index (Phi) is 7.87. The van der Waals surface area contributed by atoms with Crippen molar-refractivity contribution in [1.82, 2.24) is 5.32 Å². The molecule has 3 unspecified atom stereocenters. The molecule has 3 atom stereocenters. The Morgan fingerprint density at radius 2 is 2.00 bits per heavy atom. The average Bonchev–Trinajstić information content (AvgIpc) is 2.39. The zero-order valence-electron chi connectivity index (χ0n) is 11.9. The van der Waals surface area contributed by atoms with E-state index in [0.29, 0.717) is 6.04 Å². The summed E-state index contributed by atoms with van der Waals surface area (Å²) < 4.78 is 0. The summed E-state index contributed by atoms with van der Waals surface area (Å²) in [6, 6.07) is 0.699. The van der Waals surface area contributed by atoms with Crippen LogP contribution >= 0.6 is 0 Å². The Hall–Kier alpha value is -0.0800. The molecule has 1 aliphatic rings. The van der Waals surface area contributed by atoms with Gasteiger partial charge in [0.25, 0.3) is 0 Å². The third kappa shape index (κ3) is 5.39. The van der Waals surface area contributed by atoms with Gasteiger partial charge in [0.1, 0.15) is 0 Å². The third-order valence-electron chi connectivity index (χ3n) is 4.42. The van der Waals surface area contributed by atoms with E-state index in [0.717, 1.165) is 18.4 Å². The Balaban J connectivity index is 2.26. The molecule has 0 aromatic carbocycles. The summed E-state index contributed by atoms with van der Waals surface area (Å²) in [4.78, 5) is 0. The van der Waals surface area contributed by atoms with E-state index in [2.05, 4.69) is 19.2 Å². The second kappa shape index (κ2) is 8.93. The fourth-order valence-electron chi connectivity index (χ4n) is 3.02. The fraction of sp³-hybridized carbons (Fsp3) is 1.00. The normalized spacial score (nSPS) is 27.0. The Morgan fingerprint density at radius 1 is 1.24 bits per heavy atom. The summed E-state index contributed by atoms with van der Waals surface area (Å²) in [6.07, 6.45) is 10.8. The first kappa shape index (κ1) is 15.0. The lowest BCUT2D eigenvalue weighted by Crippen LogP contribution is -2.43. The molecule has 0 bridgehead atoms. The zero-order chi connectivity index (χ0) is 12.5. The maximum absolute atomic E-state index is 5.87. The van der Waals surface area contributed by atoms with Gasteiger partial charge in [-0.25, -0.2) is 0 Å². The smallest absolute Gasteiger partial charge is 0.0107 e. The molecule has 0 aliphatic heterocycles. The van der Waals surface area contributed by atoms with Crippen molar-refractivity contribution in [3.63, 3.8) is 0 Å². The highest BCUT2D eigenvalue weighted by Crippen LogP contribution is 2.24. The Morgan fingerprint density at radius 3 is 2.65 bits per heavy atom. The van der Waals surface area contributed by atoms with E-state index in [1.807, 2.05) is 0 Å². The van der Waals surface area contributed by atoms with Gasteiger partial charge in [0.05, 0.1) is 0 Å². The first-order valence-corrected chi connectivity index (χ1v) is 7.75. The van der Waals surface area contributed by atoms with Crippen molar-refractivity contribution < 1.29 is 0 Å². The number of nitrogens with two attached hydrogens (primary N) is 1. The van der Waals surface area contributed by atoms with E-state index in [4.69, 9.17) is 5.73 Å². The fourth-order valence-corrected chi connectivity index (χ4v) is 3.02. The maximum Gasteiger partial charge on any atom is 0.0107 e. The van der Waals surface area contributed by atoms with E-state index < -0.39 is 0 Å². The number of hydrogen-bond acceptors (Lipinski definition) is 2. The van der Waals surface area contributed by atoms with Gasteiger partial charge in [-0.3, -0.25) is 0 Å². The topological polar surface area (TPSA) is 38.0 Å². The lowest BCUT2D eigenvalue weighted by Gasteiger charge is -2.32. The molecule has 17 heavy (non-hydrogen) atoms. The minimum Gasteiger partial charge on any atom is -0.330 e. The molecule has 1 rings (SSSR count). The van der Waals surface area contributed by atoms with E-state index in [1.54, 1.807) is 0 Å². The molecule has 1 fully saturated rings. The van der Waals surface area contributed by atoms with Crippen LogP contribution in [0.2, 0.25) is 0 Å². The predicted octanol–water partition coefficient (Wildman–Crippen LogP) is 3.31. The van der Waals surface area contributed by atoms with Crippen molar-refractivity contribution in [1.29, 1.82) is 0 Å². The van der Waals surface area contributed by atoms with Gasteiger partial charge in [0.2, 0.25) is 0 Å². The van der Waals surface area contributed by atoms with Crippen LogP contribution in [-0.4, -0.2) is 19.1 Å². The average molecular weight is 240 g/mol. The highest BCUT2D eigenvalue weighted by molar-refractivity contribution is 4.82. The van der Waals surface area contributed by atoms with Crippen LogP contribution < -0.4 is 11.1 Å². The lowest BCUT2D eigenvalue weighted by molar-refractivity contribution is 0.252. The van der Waals surface area contributed by atoms with Gasteiger partial charge in [0, 0.05) is 6.04 Å². The number of rotatable bonds is 8. The van der Waals surface area contributed by atoms with Crippen molar-refractivity contribution in [2.24, 2.45) is 17.6 Å². The van der Waals surface area contributed by atoms with Gasteiger partial charge in [-0.15, -0.1) is 0 Å². The molecular formula is C15H32N2. The Labute approximate surface area is 108 Å². The summed E-state index contributed by atoms with van der Waals surface area (Å²) in [5, 5.41) is 3.80. The maximum atomic E-state index is 5.87. The number of hydrogen-bond donors (Lipinski definition) is 2. The summed E-state index contributed by atoms with van der Waals surface area (Å²) in [5.74, 6) is 1.60. The van der Waals surface area contributed by atoms with Crippen LogP contribution in [0.4, 0.5) is 0 Å². The minimum atomic E-state index is 0.699. The molecule has 0 heterocycles. The SMILES string of the molecule is CCCCC(CC)CNC1CCCCC1CN. The molecule has 0 amide bonds. The quantitative estimate of drug-likeness (QED) is 0.683. The van der Waals surface area contributed by atoms with E-state index in [1.165, 1.54) is 57.9 Å². The largest absolute Gasteiger partial charge is 0.330 e. The summed E-state index contributed by atoms with van der Waals surface area (Å²) >= 11 is 0. The van der Waals surface area contributed by atoms with Crippen molar-refractivity contribution in [3.8, 4) is 0 Å². The second-order valence-electron chi connectivity index (χ2n) is 5.71. The molecule has 0 aromatic rings. The van der Waals surface area contributed by atoms with E-state index in [9.17, 15) is 0 Å². The number of unbranched alkanes of at least 4 members (excludes halogenated alkanes) is 1. The van der Waals surface area contributed by atoms with Gasteiger partial charge in [-0.1, -0.05) is 46.0 Å². The molecule has 1 saturated carbocycles. The van der Waals surface area contributed by atoms with Crippen LogP contribution in [0.25, 0.3) is 0 Å². The highest BCUT2D eigenvalue weighted by Gasteiger charge is 2.23. The van der Waals surface area contributed by atoms with E-state index >= 15 is 0 Å². The molecule has 102 valence electrons. The summed E-state index contributed by atoms with van der Waals surface area (Å²) in [6.45, 7) is 6.68. The molecular weight excluding hydrogens is 208 g/mol. The van der Waals surface area contributed by atoms with Crippen LogP contribution in [0.15, 0.2) is 0 Å². The first-order chi connectivity index (χ1) is 8.31. The summed E-state index contributed by atoms with van der Waals surface area (Å²) in [5.41, 5.74) is 5.87. The molecule has 2 heteroatoms. The first-order valence-electron chi connectivity index (χ1n) is 7.75. The van der Waals surface area contributed by atoms with Crippen molar-refractivity contribution in [3.05, 3.63) is 0 Å². The molecule has 0 aromatic heterocycles. The molecule has 0 spiro atoms. The van der Waals surface area contributed by atoms with Gasteiger partial charge in [0.15, 0.2) is 0 Å². The number of nitrogens with one attached hydrogen (secondary N) is 1. The van der Waals surface area contributed by atoms with Gasteiger partial charge < -0.3 is 11.1 Å². The van der Waals surface area contributed by atoms with Crippen LogP contribution in [-0.2, 0) is 0 Å². The van der Waals surface area contributed by atoms with E-state index in [-0.39, 0.29) is 0 Å². The minimum absolute atomic E-state index is 0.699. The van der Waals surface area contributed by atoms with Gasteiger partial charge in [-0.2, -0.15) is 0 Å². The van der Waals surface area contributed by atoms with Gasteiger partial charge in [-0.05, 0) is 44.2 Å². The molecule has 0 radical (unpaired) electrons. The molecule has 1 aliphatic carbocycles. The third-order valence-corrected chi connectivity index (χ3v) is 4.42. The summed E-state index contributed by atoms with van der Waals surface area (Å²) in [7, 11) is 0. The van der Waals surface area contributed by atoms with Crippen molar-refractivity contribution >= 4 is 0 Å². The predicted molar refractivity (Wildman–Crippen MR) is 76.1 cm³/mol. The van der Waals surface area contributed by atoms with Crippen LogP contribution in [0, 0.1) is 11.8 Å².